The number of rotatable bonds is 3. The van der Waals surface area contributed by atoms with Crippen molar-refractivity contribution in [3.05, 3.63) is 71.8 Å². The lowest BCUT2D eigenvalue weighted by Crippen LogP contribution is -2.39. The number of nitrogens with one attached hydrogen (secondary N) is 1. The summed E-state index contributed by atoms with van der Waals surface area (Å²) in [6.45, 7) is 2.92. The lowest BCUT2D eigenvalue weighted by molar-refractivity contribution is 0.486. The molecule has 1 aliphatic rings. The summed E-state index contributed by atoms with van der Waals surface area (Å²) in [5, 5.41) is 3.48. The van der Waals surface area contributed by atoms with Gasteiger partial charge in [-0.15, -0.1) is 0 Å². The van der Waals surface area contributed by atoms with Crippen molar-refractivity contribution in [1.82, 2.24) is 10.2 Å². The third-order valence-electron chi connectivity index (χ3n) is 4.26. The molecule has 0 aliphatic carbocycles. The summed E-state index contributed by atoms with van der Waals surface area (Å²) < 4.78 is 0. The first-order valence-corrected chi connectivity index (χ1v) is 7.91. The molecule has 0 bridgehead atoms. The quantitative estimate of drug-likeness (QED) is 0.695. The summed E-state index contributed by atoms with van der Waals surface area (Å²) >= 11 is 0. The summed E-state index contributed by atoms with van der Waals surface area (Å²) in [6.07, 6.45) is 1.19. The van der Waals surface area contributed by atoms with Crippen molar-refractivity contribution in [1.29, 1.82) is 0 Å². The van der Waals surface area contributed by atoms with Crippen LogP contribution in [0, 0.1) is 0 Å². The number of guanidine groups is 1. The molecule has 0 spiro atoms. The monoisotopic (exact) mass is 293 g/mol. The van der Waals surface area contributed by atoms with Crippen molar-refractivity contribution < 1.29 is 0 Å². The predicted octanol–water partition coefficient (Wildman–Crippen LogP) is 3.25. The van der Waals surface area contributed by atoms with Crippen molar-refractivity contribution in [2.75, 3.05) is 20.1 Å². The zero-order valence-corrected chi connectivity index (χ0v) is 13.1. The van der Waals surface area contributed by atoms with Gasteiger partial charge in [0, 0.05) is 32.6 Å². The van der Waals surface area contributed by atoms with Crippen molar-refractivity contribution in [3.8, 4) is 0 Å². The van der Waals surface area contributed by atoms with Gasteiger partial charge in [-0.05, 0) is 17.5 Å². The summed E-state index contributed by atoms with van der Waals surface area (Å²) in [5.41, 5.74) is 2.71. The van der Waals surface area contributed by atoms with Gasteiger partial charge in [0.15, 0.2) is 5.96 Å². The van der Waals surface area contributed by atoms with Gasteiger partial charge in [0.1, 0.15) is 0 Å². The van der Waals surface area contributed by atoms with Crippen LogP contribution in [0.25, 0.3) is 0 Å². The smallest absolute Gasteiger partial charge is 0.193 e. The zero-order chi connectivity index (χ0) is 15.2. The zero-order valence-electron chi connectivity index (χ0n) is 13.1. The first kappa shape index (κ1) is 14.6. The van der Waals surface area contributed by atoms with Crippen molar-refractivity contribution in [3.63, 3.8) is 0 Å². The standard InChI is InChI=1S/C19H23N3/c1-20-19(21-14-16-8-4-2-5-9-16)22-13-12-18(15-22)17-10-6-3-7-11-17/h2-11,18H,12-15H2,1H3,(H,20,21). The topological polar surface area (TPSA) is 27.6 Å². The largest absolute Gasteiger partial charge is 0.352 e. The van der Waals surface area contributed by atoms with Gasteiger partial charge >= 0.3 is 0 Å². The van der Waals surface area contributed by atoms with Gasteiger partial charge < -0.3 is 10.2 Å². The van der Waals surface area contributed by atoms with Crippen LogP contribution in [0.5, 0.6) is 0 Å². The Kier molecular flexibility index (Phi) is 4.74. The Labute approximate surface area is 132 Å². The van der Waals surface area contributed by atoms with E-state index in [2.05, 4.69) is 69.8 Å². The molecule has 1 saturated heterocycles. The van der Waals surface area contributed by atoms with Gasteiger partial charge in [-0.3, -0.25) is 4.99 Å². The van der Waals surface area contributed by atoms with Crippen LogP contribution in [0.15, 0.2) is 65.7 Å². The minimum atomic E-state index is 0.608. The normalized spacial score (nSPS) is 18.5. The number of benzene rings is 2. The van der Waals surface area contributed by atoms with E-state index in [1.165, 1.54) is 17.5 Å². The van der Waals surface area contributed by atoms with Crippen LogP contribution >= 0.6 is 0 Å². The van der Waals surface area contributed by atoms with E-state index in [0.29, 0.717) is 5.92 Å². The molecule has 1 aliphatic heterocycles. The van der Waals surface area contributed by atoms with Crippen LogP contribution in [0.3, 0.4) is 0 Å². The van der Waals surface area contributed by atoms with Gasteiger partial charge in [-0.25, -0.2) is 0 Å². The average molecular weight is 293 g/mol. The highest BCUT2D eigenvalue weighted by atomic mass is 15.3. The fraction of sp³-hybridized carbons (Fsp3) is 0.316. The second kappa shape index (κ2) is 7.12. The summed E-state index contributed by atoms with van der Waals surface area (Å²) in [5.74, 6) is 1.61. The highest BCUT2D eigenvalue weighted by molar-refractivity contribution is 5.80. The summed E-state index contributed by atoms with van der Waals surface area (Å²) in [6, 6.07) is 21.2. The van der Waals surface area contributed by atoms with E-state index >= 15 is 0 Å². The number of likely N-dealkylation sites (tertiary alicyclic amines) is 1. The predicted molar refractivity (Wildman–Crippen MR) is 92.0 cm³/mol. The second-order valence-corrected chi connectivity index (χ2v) is 5.73. The second-order valence-electron chi connectivity index (χ2n) is 5.73. The maximum atomic E-state index is 4.44. The highest BCUT2D eigenvalue weighted by Gasteiger charge is 2.25. The minimum absolute atomic E-state index is 0.608. The fourth-order valence-electron chi connectivity index (χ4n) is 3.06. The van der Waals surface area contributed by atoms with E-state index < -0.39 is 0 Å². The summed E-state index contributed by atoms with van der Waals surface area (Å²) in [7, 11) is 1.86. The molecule has 3 heteroatoms. The third kappa shape index (κ3) is 3.48. The van der Waals surface area contributed by atoms with E-state index in [1.54, 1.807) is 0 Å². The molecule has 2 aromatic carbocycles. The van der Waals surface area contributed by atoms with Gasteiger partial charge in [-0.1, -0.05) is 60.7 Å². The molecule has 0 saturated carbocycles. The number of nitrogens with zero attached hydrogens (tertiary/aromatic N) is 2. The average Bonchev–Trinajstić information content (AvgIpc) is 3.07. The number of hydrogen-bond acceptors (Lipinski definition) is 1. The van der Waals surface area contributed by atoms with E-state index in [9.17, 15) is 0 Å². The lowest BCUT2D eigenvalue weighted by atomic mass is 9.99. The molecule has 3 rings (SSSR count). The van der Waals surface area contributed by atoms with Crippen molar-refractivity contribution in [2.24, 2.45) is 4.99 Å². The number of hydrogen-bond donors (Lipinski definition) is 1. The van der Waals surface area contributed by atoms with Crippen molar-refractivity contribution in [2.45, 2.75) is 18.9 Å². The molecule has 2 aromatic rings. The van der Waals surface area contributed by atoms with Gasteiger partial charge in [0.25, 0.3) is 0 Å². The van der Waals surface area contributed by atoms with Crippen LogP contribution in [0.2, 0.25) is 0 Å². The molecule has 1 atom stereocenters. The Balaban J connectivity index is 1.59. The Morgan fingerprint density at radius 2 is 1.77 bits per heavy atom. The molecule has 1 unspecified atom stereocenters. The molecule has 1 fully saturated rings. The minimum Gasteiger partial charge on any atom is -0.352 e. The van der Waals surface area contributed by atoms with Gasteiger partial charge in [-0.2, -0.15) is 0 Å². The van der Waals surface area contributed by atoms with E-state index in [4.69, 9.17) is 0 Å². The lowest BCUT2D eigenvalue weighted by Gasteiger charge is -2.22. The molecule has 1 N–H and O–H groups in total. The van der Waals surface area contributed by atoms with Crippen LogP contribution in [0.4, 0.5) is 0 Å². The van der Waals surface area contributed by atoms with E-state index in [1.807, 2.05) is 13.1 Å². The first-order valence-electron chi connectivity index (χ1n) is 7.91. The SMILES string of the molecule is CN=C(NCc1ccccc1)N1CCC(c2ccccc2)C1. The molecule has 3 nitrogen and oxygen atoms in total. The maximum Gasteiger partial charge on any atom is 0.193 e. The maximum absolute atomic E-state index is 4.44. The Morgan fingerprint density at radius 1 is 1.09 bits per heavy atom. The van der Waals surface area contributed by atoms with Crippen LogP contribution in [0.1, 0.15) is 23.5 Å². The van der Waals surface area contributed by atoms with E-state index in [-0.39, 0.29) is 0 Å². The Hall–Kier alpha value is -2.29. The highest BCUT2D eigenvalue weighted by Crippen LogP contribution is 2.26. The van der Waals surface area contributed by atoms with Gasteiger partial charge in [0.05, 0.1) is 0 Å². The van der Waals surface area contributed by atoms with Crippen molar-refractivity contribution >= 4 is 5.96 Å². The molecule has 1 heterocycles. The Morgan fingerprint density at radius 3 is 2.45 bits per heavy atom. The molecular weight excluding hydrogens is 270 g/mol. The molecule has 0 radical (unpaired) electrons. The molecule has 114 valence electrons. The van der Waals surface area contributed by atoms with Crippen LogP contribution < -0.4 is 5.32 Å². The fourth-order valence-corrected chi connectivity index (χ4v) is 3.06. The van der Waals surface area contributed by atoms with Gasteiger partial charge in [0.2, 0.25) is 0 Å². The summed E-state index contributed by atoms with van der Waals surface area (Å²) in [4.78, 5) is 6.81. The molecule has 0 amide bonds. The van der Waals surface area contributed by atoms with E-state index in [0.717, 1.165) is 25.6 Å². The molecule has 22 heavy (non-hydrogen) atoms. The Bertz CT molecular complexity index is 607. The number of aliphatic imine (C=N–C) groups is 1. The van der Waals surface area contributed by atoms with Crippen LogP contribution in [-0.2, 0) is 6.54 Å². The molecular formula is C19H23N3. The van der Waals surface area contributed by atoms with Crippen LogP contribution in [-0.4, -0.2) is 31.0 Å². The molecule has 0 aromatic heterocycles. The third-order valence-corrected chi connectivity index (χ3v) is 4.26. The first-order chi connectivity index (χ1) is 10.9.